The minimum absolute atomic E-state index is 0.219. The van der Waals surface area contributed by atoms with Gasteiger partial charge in [-0.15, -0.1) is 5.06 Å². The second-order valence-electron chi connectivity index (χ2n) is 0.812. The fourth-order valence-electron chi connectivity index (χ4n) is 0.141. The van der Waals surface area contributed by atoms with Gasteiger partial charge in [-0.25, -0.2) is 0 Å². The van der Waals surface area contributed by atoms with Crippen LogP contribution in [0.15, 0.2) is 0 Å². The van der Waals surface area contributed by atoms with Gasteiger partial charge in [0.1, 0.15) is 0 Å². The maximum Gasteiger partial charge on any atom is 0.245 e. The predicted octanol–water partition coefficient (Wildman–Crippen LogP) is -0.185. The highest BCUT2D eigenvalue weighted by Gasteiger charge is 1.79. The summed E-state index contributed by atoms with van der Waals surface area (Å²) in [4.78, 5) is 9.47. The van der Waals surface area contributed by atoms with Crippen molar-refractivity contribution in [3.8, 4) is 12.0 Å². The molecule has 0 aromatic carbocycles. The van der Waals surface area contributed by atoms with E-state index in [1.165, 1.54) is 6.92 Å². The molecule has 0 aromatic rings. The van der Waals surface area contributed by atoms with Crippen molar-refractivity contribution in [1.29, 1.82) is 0 Å². The van der Waals surface area contributed by atoms with Gasteiger partial charge in [-0.05, 0) is 6.92 Å². The Bertz CT molecular complexity index is 111. The van der Waals surface area contributed by atoms with Gasteiger partial charge >= 0.3 is 0 Å². The monoisotopic (exact) mass is 99.0 g/mol. The maximum absolute atomic E-state index is 9.47. The van der Waals surface area contributed by atoms with E-state index in [0.717, 1.165) is 0 Å². The van der Waals surface area contributed by atoms with Crippen LogP contribution >= 0.6 is 0 Å². The van der Waals surface area contributed by atoms with Crippen LogP contribution in [-0.2, 0) is 4.79 Å². The zero-order chi connectivity index (χ0) is 5.70. The van der Waals surface area contributed by atoms with Crippen molar-refractivity contribution >= 4 is 6.41 Å². The number of hydrogen-bond donors (Lipinski definition) is 1. The molecule has 0 aromatic heterocycles. The second kappa shape index (κ2) is 3.19. The molecule has 0 spiro atoms. The number of rotatable bonds is 1. The van der Waals surface area contributed by atoms with Gasteiger partial charge in [-0.1, -0.05) is 5.92 Å². The molecule has 0 radical (unpaired) electrons. The van der Waals surface area contributed by atoms with E-state index in [2.05, 4.69) is 12.0 Å². The topological polar surface area (TPSA) is 40.5 Å². The van der Waals surface area contributed by atoms with E-state index in [1.807, 2.05) is 0 Å². The molecule has 3 nitrogen and oxygen atoms in total. The quantitative estimate of drug-likeness (QED) is 0.163. The van der Waals surface area contributed by atoms with Crippen LogP contribution in [0.25, 0.3) is 0 Å². The van der Waals surface area contributed by atoms with E-state index in [1.54, 1.807) is 0 Å². The first-order valence-corrected chi connectivity index (χ1v) is 1.67. The number of carbonyl (C=O) groups excluding carboxylic acids is 1. The first-order valence-electron chi connectivity index (χ1n) is 1.67. The van der Waals surface area contributed by atoms with Crippen LogP contribution in [0.5, 0.6) is 0 Å². The Balaban J connectivity index is 3.49. The van der Waals surface area contributed by atoms with Gasteiger partial charge in [-0.2, -0.15) is 0 Å². The summed E-state index contributed by atoms with van der Waals surface area (Å²) in [5.41, 5.74) is 0. The van der Waals surface area contributed by atoms with Crippen LogP contribution < -0.4 is 0 Å². The molecule has 1 N–H and O–H groups in total. The smallest absolute Gasteiger partial charge is 0.245 e. The SMILES string of the molecule is CC#CN(O)C=O. The summed E-state index contributed by atoms with van der Waals surface area (Å²) >= 11 is 0. The van der Waals surface area contributed by atoms with E-state index >= 15 is 0 Å². The molecule has 0 saturated heterocycles. The summed E-state index contributed by atoms with van der Waals surface area (Å²) in [7, 11) is 0. The average molecular weight is 99.1 g/mol. The second-order valence-corrected chi connectivity index (χ2v) is 0.812. The van der Waals surface area contributed by atoms with Crippen molar-refractivity contribution in [3.63, 3.8) is 0 Å². The number of hydrogen-bond acceptors (Lipinski definition) is 2. The summed E-state index contributed by atoms with van der Waals surface area (Å²) in [6, 6.07) is 2.07. The molecule has 0 aliphatic rings. The highest BCUT2D eigenvalue weighted by molar-refractivity contribution is 5.48. The van der Waals surface area contributed by atoms with Crippen LogP contribution in [0.3, 0.4) is 0 Å². The standard InChI is InChI=1S/C4H5NO2/c1-2-3-5(7)4-6/h4,7H,1H3. The number of nitrogens with zero attached hydrogens (tertiary/aromatic N) is 1. The maximum atomic E-state index is 9.47. The van der Waals surface area contributed by atoms with Gasteiger partial charge in [-0.3, -0.25) is 10.0 Å². The molecule has 0 aliphatic carbocycles. The molecule has 3 heteroatoms. The van der Waals surface area contributed by atoms with Crippen LogP contribution in [-0.4, -0.2) is 16.7 Å². The lowest BCUT2D eigenvalue weighted by Gasteiger charge is -1.90. The zero-order valence-electron chi connectivity index (χ0n) is 3.88. The lowest BCUT2D eigenvalue weighted by atomic mass is 10.8. The molecule has 7 heavy (non-hydrogen) atoms. The molecular weight excluding hydrogens is 94.0 g/mol. The summed E-state index contributed by atoms with van der Waals surface area (Å²) in [5, 5.41) is 8.41. The van der Waals surface area contributed by atoms with Crippen LogP contribution in [0.2, 0.25) is 0 Å². The van der Waals surface area contributed by atoms with Gasteiger partial charge < -0.3 is 0 Å². The molecular formula is C4H5NO2. The van der Waals surface area contributed by atoms with Crippen molar-refractivity contribution in [2.75, 3.05) is 0 Å². The van der Waals surface area contributed by atoms with Gasteiger partial charge in [0.05, 0.1) is 0 Å². The van der Waals surface area contributed by atoms with Crippen molar-refractivity contribution in [2.24, 2.45) is 0 Å². The molecule has 0 unspecified atom stereocenters. The lowest BCUT2D eigenvalue weighted by Crippen LogP contribution is -2.07. The first kappa shape index (κ1) is 5.99. The van der Waals surface area contributed by atoms with Crippen molar-refractivity contribution in [1.82, 2.24) is 5.06 Å². The fourth-order valence-corrected chi connectivity index (χ4v) is 0.141. The molecule has 0 rings (SSSR count). The summed E-state index contributed by atoms with van der Waals surface area (Å²) in [5.74, 6) is 2.31. The minimum atomic E-state index is 0.219. The molecule has 0 fully saturated rings. The Morgan fingerprint density at radius 2 is 2.43 bits per heavy atom. The van der Waals surface area contributed by atoms with Crippen molar-refractivity contribution in [3.05, 3.63) is 0 Å². The Morgan fingerprint density at radius 1 is 1.86 bits per heavy atom. The predicted molar refractivity (Wildman–Crippen MR) is 23.1 cm³/mol. The molecule has 0 atom stereocenters. The summed E-state index contributed by atoms with van der Waals surface area (Å²) in [6.07, 6.45) is 0.219. The highest BCUT2D eigenvalue weighted by atomic mass is 16.5. The molecule has 0 saturated carbocycles. The van der Waals surface area contributed by atoms with E-state index < -0.39 is 0 Å². The Kier molecular flexibility index (Phi) is 2.73. The van der Waals surface area contributed by atoms with Crippen molar-refractivity contribution < 1.29 is 10.0 Å². The number of amides is 1. The molecule has 0 heterocycles. The Morgan fingerprint density at radius 3 is 2.57 bits per heavy atom. The Hall–Kier alpha value is -1.01. The molecule has 38 valence electrons. The van der Waals surface area contributed by atoms with E-state index in [9.17, 15) is 4.79 Å². The van der Waals surface area contributed by atoms with Gasteiger partial charge in [0.25, 0.3) is 0 Å². The third kappa shape index (κ3) is 2.80. The largest absolute Gasteiger partial charge is 0.275 e. The lowest BCUT2D eigenvalue weighted by molar-refractivity contribution is -0.136. The van der Waals surface area contributed by atoms with E-state index in [0.29, 0.717) is 0 Å². The minimum Gasteiger partial charge on any atom is -0.275 e. The highest BCUT2D eigenvalue weighted by Crippen LogP contribution is 1.62. The van der Waals surface area contributed by atoms with Gasteiger partial charge in [0.15, 0.2) is 0 Å². The molecule has 1 amide bonds. The van der Waals surface area contributed by atoms with Crippen molar-refractivity contribution in [2.45, 2.75) is 6.92 Å². The normalized spacial score (nSPS) is 6.00. The summed E-state index contributed by atoms with van der Waals surface area (Å²) in [6.45, 7) is 1.52. The zero-order valence-corrected chi connectivity index (χ0v) is 3.88. The molecule has 0 bridgehead atoms. The average Bonchev–Trinajstić information content (AvgIpc) is 1.68. The number of hydroxylamine groups is 2. The van der Waals surface area contributed by atoms with Gasteiger partial charge in [0, 0.05) is 6.04 Å². The third-order valence-electron chi connectivity index (χ3n) is 0.326. The van der Waals surface area contributed by atoms with Gasteiger partial charge in [0.2, 0.25) is 6.41 Å². The van der Waals surface area contributed by atoms with Crippen LogP contribution in [0.4, 0.5) is 0 Å². The van der Waals surface area contributed by atoms with Crippen LogP contribution in [0.1, 0.15) is 6.92 Å². The number of carbonyl (C=O) groups is 1. The summed E-state index contributed by atoms with van der Waals surface area (Å²) < 4.78 is 0. The first-order chi connectivity index (χ1) is 3.31. The Labute approximate surface area is 41.5 Å². The van der Waals surface area contributed by atoms with E-state index in [-0.39, 0.29) is 11.5 Å². The van der Waals surface area contributed by atoms with E-state index in [4.69, 9.17) is 5.21 Å². The molecule has 0 aliphatic heterocycles. The fraction of sp³-hybridized carbons (Fsp3) is 0.250. The van der Waals surface area contributed by atoms with Crippen LogP contribution in [0, 0.1) is 12.0 Å². The third-order valence-corrected chi connectivity index (χ3v) is 0.326.